The molecule has 1 fully saturated rings. The summed E-state index contributed by atoms with van der Waals surface area (Å²) in [4.78, 5) is 9.36. The van der Waals surface area contributed by atoms with Crippen LogP contribution in [0.2, 0.25) is 0 Å². The number of aliphatic hydroxyl groups is 1. The van der Waals surface area contributed by atoms with Gasteiger partial charge in [0.15, 0.2) is 5.76 Å². The van der Waals surface area contributed by atoms with E-state index in [-0.39, 0.29) is 6.61 Å². The smallest absolute Gasteiger partial charge is 0.169 e. The Labute approximate surface area is 64.0 Å². The van der Waals surface area contributed by atoms with Crippen molar-refractivity contribution in [2.45, 2.75) is 12.0 Å². The third-order valence-corrected chi connectivity index (χ3v) is 1.96. The van der Waals surface area contributed by atoms with Gasteiger partial charge in [0, 0.05) is 0 Å². The number of aliphatic hydroxyl groups excluding tert-OH is 1. The number of hydrogen-bond acceptors (Lipinski definition) is 4. The molecule has 1 saturated heterocycles. The highest BCUT2D eigenvalue weighted by molar-refractivity contribution is 5.26. The number of fused-ring (bicyclic) bond motifs is 1. The van der Waals surface area contributed by atoms with E-state index in [1.165, 1.54) is 0 Å². The van der Waals surface area contributed by atoms with Crippen LogP contribution in [0.5, 0.6) is 0 Å². The van der Waals surface area contributed by atoms with E-state index in [1.807, 2.05) is 12.2 Å². The monoisotopic (exact) mass is 155 g/mol. The van der Waals surface area contributed by atoms with Crippen LogP contribution in [0.4, 0.5) is 0 Å². The molecule has 0 amide bonds. The second kappa shape index (κ2) is 2.34. The highest BCUT2D eigenvalue weighted by Crippen LogP contribution is 2.30. The summed E-state index contributed by atoms with van der Waals surface area (Å²) in [6.45, 7) is -0.0246. The molecule has 2 rings (SSSR count). The van der Waals surface area contributed by atoms with Gasteiger partial charge < -0.3 is 9.99 Å². The zero-order chi connectivity index (χ0) is 7.73. The van der Waals surface area contributed by atoms with Crippen LogP contribution in [-0.2, 0) is 9.88 Å². The van der Waals surface area contributed by atoms with Crippen molar-refractivity contribution < 1.29 is 15.0 Å². The largest absolute Gasteiger partial charge is 0.394 e. The average Bonchev–Trinajstić information content (AvgIpc) is 2.48. The van der Waals surface area contributed by atoms with Crippen LogP contribution in [0.3, 0.4) is 0 Å². The molecule has 1 heterocycles. The number of rotatable bonds is 1. The molecular weight excluding hydrogens is 146 g/mol. The van der Waals surface area contributed by atoms with Crippen molar-refractivity contribution in [2.75, 3.05) is 6.61 Å². The van der Waals surface area contributed by atoms with Gasteiger partial charge in [-0.1, -0.05) is 17.1 Å². The van der Waals surface area contributed by atoms with Crippen molar-refractivity contribution in [1.29, 1.82) is 0 Å². The second-order valence-electron chi connectivity index (χ2n) is 2.67. The van der Waals surface area contributed by atoms with Gasteiger partial charge in [0.1, 0.15) is 5.54 Å². The third kappa shape index (κ3) is 0.875. The van der Waals surface area contributed by atoms with Crippen LogP contribution in [0, 0.1) is 0 Å². The molecule has 2 aliphatic rings. The predicted octanol–water partition coefficient (Wildman–Crippen LogP) is 0.0277. The number of nitrogens with one attached hydrogen (secondary N) is 1. The first-order valence-electron chi connectivity index (χ1n) is 3.46. The molecular formula is C7H9NO3. The summed E-state index contributed by atoms with van der Waals surface area (Å²) in [5, 5.41) is 9.05. The van der Waals surface area contributed by atoms with Gasteiger partial charge in [0.2, 0.25) is 0 Å². The Morgan fingerprint density at radius 3 is 3.36 bits per heavy atom. The third-order valence-electron chi connectivity index (χ3n) is 1.96. The topological polar surface area (TPSA) is 50.7 Å². The molecule has 1 atom stereocenters. The highest BCUT2D eigenvalue weighted by atomic mass is 17.3. The molecule has 4 nitrogen and oxygen atoms in total. The zero-order valence-corrected chi connectivity index (χ0v) is 5.91. The summed E-state index contributed by atoms with van der Waals surface area (Å²) < 4.78 is 0. The van der Waals surface area contributed by atoms with E-state index in [4.69, 9.17) is 9.99 Å². The van der Waals surface area contributed by atoms with Crippen molar-refractivity contribution >= 4 is 0 Å². The van der Waals surface area contributed by atoms with E-state index in [0.29, 0.717) is 12.2 Å². The fourth-order valence-corrected chi connectivity index (χ4v) is 1.20. The van der Waals surface area contributed by atoms with Crippen molar-refractivity contribution in [1.82, 2.24) is 5.48 Å². The lowest BCUT2D eigenvalue weighted by molar-refractivity contribution is -0.268. The maximum absolute atomic E-state index is 9.05. The van der Waals surface area contributed by atoms with Gasteiger partial charge in [0.25, 0.3) is 0 Å². The summed E-state index contributed by atoms with van der Waals surface area (Å²) in [5.41, 5.74) is 2.10. The van der Waals surface area contributed by atoms with Gasteiger partial charge in [-0.25, -0.2) is 0 Å². The summed E-state index contributed by atoms with van der Waals surface area (Å²) in [5.74, 6) is 0.641. The van der Waals surface area contributed by atoms with E-state index in [1.54, 1.807) is 6.08 Å². The predicted molar refractivity (Wildman–Crippen MR) is 37.0 cm³/mol. The Hall–Kier alpha value is -0.840. The Morgan fingerprint density at radius 1 is 1.73 bits per heavy atom. The number of allylic oxidation sites excluding steroid dienone is 2. The van der Waals surface area contributed by atoms with Gasteiger partial charge >= 0.3 is 0 Å². The Morgan fingerprint density at radius 2 is 2.64 bits per heavy atom. The summed E-state index contributed by atoms with van der Waals surface area (Å²) >= 11 is 0. The normalized spacial score (nSPS) is 34.5. The van der Waals surface area contributed by atoms with E-state index in [0.717, 1.165) is 0 Å². The minimum absolute atomic E-state index is 0.0246. The van der Waals surface area contributed by atoms with Gasteiger partial charge in [-0.15, -0.1) is 5.48 Å². The lowest BCUT2D eigenvalue weighted by atomic mass is 9.91. The highest BCUT2D eigenvalue weighted by Gasteiger charge is 2.42. The average molecular weight is 155 g/mol. The quantitative estimate of drug-likeness (QED) is 0.524. The Balaban J connectivity index is 2.31. The van der Waals surface area contributed by atoms with Crippen molar-refractivity contribution in [2.24, 2.45) is 0 Å². The number of hydrogen-bond donors (Lipinski definition) is 2. The molecule has 0 aromatic rings. The molecule has 0 spiro atoms. The van der Waals surface area contributed by atoms with Crippen LogP contribution in [-0.4, -0.2) is 17.3 Å². The molecule has 60 valence electrons. The molecule has 1 unspecified atom stereocenters. The number of hydroxylamine groups is 1. The van der Waals surface area contributed by atoms with Gasteiger partial charge in [-0.3, -0.25) is 0 Å². The molecule has 0 aromatic heterocycles. The lowest BCUT2D eigenvalue weighted by Gasteiger charge is -2.22. The van der Waals surface area contributed by atoms with Crippen LogP contribution < -0.4 is 5.48 Å². The van der Waals surface area contributed by atoms with E-state index in [2.05, 4.69) is 10.5 Å². The SMILES string of the molecule is OCC12CC=CC=C1OON2. The van der Waals surface area contributed by atoms with Crippen LogP contribution in [0.1, 0.15) is 6.42 Å². The van der Waals surface area contributed by atoms with Crippen molar-refractivity contribution in [3.63, 3.8) is 0 Å². The van der Waals surface area contributed by atoms with Crippen molar-refractivity contribution in [3.8, 4) is 0 Å². The first-order valence-corrected chi connectivity index (χ1v) is 3.46. The minimum atomic E-state index is -0.533. The van der Waals surface area contributed by atoms with Crippen LogP contribution in [0.25, 0.3) is 0 Å². The first kappa shape index (κ1) is 6.84. The molecule has 11 heavy (non-hydrogen) atoms. The molecule has 0 aromatic carbocycles. The molecule has 1 aliphatic heterocycles. The fraction of sp³-hybridized carbons (Fsp3) is 0.429. The summed E-state index contributed by atoms with van der Waals surface area (Å²) in [6.07, 6.45) is 6.29. The zero-order valence-electron chi connectivity index (χ0n) is 5.91. The summed E-state index contributed by atoms with van der Waals surface area (Å²) in [7, 11) is 0. The van der Waals surface area contributed by atoms with Crippen LogP contribution in [0.15, 0.2) is 24.0 Å². The van der Waals surface area contributed by atoms with E-state index in [9.17, 15) is 0 Å². The summed E-state index contributed by atoms with van der Waals surface area (Å²) in [6, 6.07) is 0. The maximum atomic E-state index is 9.05. The van der Waals surface area contributed by atoms with E-state index < -0.39 is 5.54 Å². The van der Waals surface area contributed by atoms with Gasteiger partial charge in [-0.05, 0) is 12.5 Å². The van der Waals surface area contributed by atoms with E-state index >= 15 is 0 Å². The van der Waals surface area contributed by atoms with Gasteiger partial charge in [-0.2, -0.15) is 0 Å². The maximum Gasteiger partial charge on any atom is 0.169 e. The fourth-order valence-electron chi connectivity index (χ4n) is 1.20. The molecule has 4 heteroatoms. The molecule has 0 radical (unpaired) electrons. The van der Waals surface area contributed by atoms with Crippen LogP contribution >= 0.6 is 0 Å². The Kier molecular flexibility index (Phi) is 1.45. The first-order chi connectivity index (χ1) is 5.37. The standard InChI is InChI=1S/C7H9NO3/c9-5-7-4-2-1-3-6(7)10-11-8-7/h1-3,8-9H,4-5H2. The lowest BCUT2D eigenvalue weighted by Crippen LogP contribution is -2.44. The molecule has 0 bridgehead atoms. The molecule has 0 saturated carbocycles. The molecule has 2 N–H and O–H groups in total. The second-order valence-corrected chi connectivity index (χ2v) is 2.67. The minimum Gasteiger partial charge on any atom is -0.394 e. The van der Waals surface area contributed by atoms with Gasteiger partial charge in [0.05, 0.1) is 6.61 Å². The van der Waals surface area contributed by atoms with Crippen molar-refractivity contribution in [3.05, 3.63) is 24.0 Å². The molecule has 1 aliphatic carbocycles. The Bertz CT molecular complexity index is 224.